The number of nitrogens with one attached hydrogen (secondary N) is 2. The number of anilines is 1. The van der Waals surface area contributed by atoms with Crippen molar-refractivity contribution < 1.29 is 19.1 Å². The van der Waals surface area contributed by atoms with E-state index >= 15 is 0 Å². The molecule has 0 spiro atoms. The van der Waals surface area contributed by atoms with Crippen LogP contribution in [0, 0.1) is 5.92 Å². The van der Waals surface area contributed by atoms with E-state index in [1.165, 1.54) is 21.1 Å². The first kappa shape index (κ1) is 18.4. The normalized spacial score (nSPS) is 15.7. The van der Waals surface area contributed by atoms with E-state index in [-0.39, 0.29) is 17.7 Å². The Balaban J connectivity index is 2.23. The molecule has 1 unspecified atom stereocenters. The highest BCUT2D eigenvalue weighted by Crippen LogP contribution is 2.36. The van der Waals surface area contributed by atoms with Gasteiger partial charge in [-0.05, 0) is 18.8 Å². The van der Waals surface area contributed by atoms with E-state index in [1.807, 2.05) is 0 Å². The summed E-state index contributed by atoms with van der Waals surface area (Å²) in [5.74, 6) is 0.531. The van der Waals surface area contributed by atoms with Crippen LogP contribution in [0.2, 0.25) is 5.02 Å². The standard InChI is InChI=1S/C17H23ClN2O4/c1-10(21)19-16(11-6-4-5-7-11)17(22)20-13-9-14(23-2)12(18)8-15(13)24-3/h8-9,11,16H,4-7H2,1-3H3,(H,19,21)(H,20,22). The molecule has 0 radical (unpaired) electrons. The summed E-state index contributed by atoms with van der Waals surface area (Å²) in [6.07, 6.45) is 4.01. The average molecular weight is 355 g/mol. The van der Waals surface area contributed by atoms with Crippen molar-refractivity contribution in [3.05, 3.63) is 17.2 Å². The minimum Gasteiger partial charge on any atom is -0.495 e. The summed E-state index contributed by atoms with van der Waals surface area (Å²) in [7, 11) is 2.99. The lowest BCUT2D eigenvalue weighted by Crippen LogP contribution is -2.47. The minimum absolute atomic E-state index is 0.147. The van der Waals surface area contributed by atoms with Gasteiger partial charge in [-0.2, -0.15) is 0 Å². The van der Waals surface area contributed by atoms with Gasteiger partial charge in [-0.25, -0.2) is 0 Å². The SMILES string of the molecule is COc1cc(NC(=O)C(NC(C)=O)C2CCCC2)c(OC)cc1Cl. The number of carbonyl (C=O) groups is 2. The third-order valence-corrected chi connectivity index (χ3v) is 4.54. The number of ether oxygens (including phenoxy) is 2. The molecule has 132 valence electrons. The predicted molar refractivity (Wildman–Crippen MR) is 92.7 cm³/mol. The summed E-state index contributed by atoms with van der Waals surface area (Å²) in [4.78, 5) is 24.2. The second-order valence-corrected chi connectivity index (χ2v) is 6.31. The zero-order chi connectivity index (χ0) is 17.7. The molecule has 0 saturated heterocycles. The molecule has 2 amide bonds. The van der Waals surface area contributed by atoms with Crippen LogP contribution in [-0.4, -0.2) is 32.1 Å². The van der Waals surface area contributed by atoms with Crippen LogP contribution in [0.5, 0.6) is 11.5 Å². The van der Waals surface area contributed by atoms with Crippen LogP contribution < -0.4 is 20.1 Å². The van der Waals surface area contributed by atoms with Crippen LogP contribution in [-0.2, 0) is 9.59 Å². The lowest BCUT2D eigenvalue weighted by atomic mass is 9.97. The van der Waals surface area contributed by atoms with Crippen LogP contribution in [0.1, 0.15) is 32.6 Å². The summed E-state index contributed by atoms with van der Waals surface area (Å²) < 4.78 is 10.5. The van der Waals surface area contributed by atoms with Crippen molar-refractivity contribution >= 4 is 29.1 Å². The van der Waals surface area contributed by atoms with Crippen LogP contribution in [0.4, 0.5) is 5.69 Å². The van der Waals surface area contributed by atoms with E-state index in [0.717, 1.165) is 25.7 Å². The van der Waals surface area contributed by atoms with Crippen LogP contribution in [0.15, 0.2) is 12.1 Å². The Labute approximate surface area is 146 Å². The Morgan fingerprint density at radius 3 is 2.33 bits per heavy atom. The van der Waals surface area contributed by atoms with Gasteiger partial charge in [-0.3, -0.25) is 9.59 Å². The first-order chi connectivity index (χ1) is 11.5. The summed E-state index contributed by atoms with van der Waals surface area (Å²) in [6.45, 7) is 1.42. The fraction of sp³-hybridized carbons (Fsp3) is 0.529. The number of amides is 2. The Bertz CT molecular complexity index is 615. The van der Waals surface area contributed by atoms with Gasteiger partial charge in [0.25, 0.3) is 0 Å². The minimum atomic E-state index is -0.559. The first-order valence-electron chi connectivity index (χ1n) is 7.95. The van der Waals surface area contributed by atoms with Crippen molar-refractivity contribution in [2.24, 2.45) is 5.92 Å². The molecule has 0 heterocycles. The molecule has 0 aliphatic heterocycles. The summed E-state index contributed by atoms with van der Waals surface area (Å²) >= 11 is 6.08. The molecule has 1 aromatic rings. The molecule has 6 nitrogen and oxygen atoms in total. The number of rotatable bonds is 6. The Kier molecular flexibility index (Phi) is 6.31. The van der Waals surface area contributed by atoms with Gasteiger partial charge in [0.1, 0.15) is 17.5 Å². The molecule has 1 saturated carbocycles. The monoisotopic (exact) mass is 354 g/mol. The molecule has 1 fully saturated rings. The molecule has 7 heteroatoms. The molecular weight excluding hydrogens is 332 g/mol. The summed E-state index contributed by atoms with van der Waals surface area (Å²) in [5.41, 5.74) is 0.456. The molecule has 1 aliphatic rings. The van der Waals surface area contributed by atoms with E-state index in [0.29, 0.717) is 22.2 Å². The van der Waals surface area contributed by atoms with Crippen LogP contribution >= 0.6 is 11.6 Å². The number of hydrogen-bond donors (Lipinski definition) is 2. The van der Waals surface area contributed by atoms with E-state index in [4.69, 9.17) is 21.1 Å². The number of methoxy groups -OCH3 is 2. The van der Waals surface area contributed by atoms with E-state index in [9.17, 15) is 9.59 Å². The van der Waals surface area contributed by atoms with Crippen molar-refractivity contribution in [3.8, 4) is 11.5 Å². The zero-order valence-electron chi connectivity index (χ0n) is 14.1. The predicted octanol–water partition coefficient (Wildman–Crippen LogP) is 2.99. The van der Waals surface area contributed by atoms with Gasteiger partial charge in [-0.15, -0.1) is 0 Å². The zero-order valence-corrected chi connectivity index (χ0v) is 14.9. The highest BCUT2D eigenvalue weighted by atomic mass is 35.5. The van der Waals surface area contributed by atoms with Gasteiger partial charge in [-0.1, -0.05) is 24.4 Å². The molecule has 1 atom stereocenters. The van der Waals surface area contributed by atoms with Crippen molar-refractivity contribution in [1.82, 2.24) is 5.32 Å². The fourth-order valence-electron chi connectivity index (χ4n) is 3.08. The van der Waals surface area contributed by atoms with E-state index in [1.54, 1.807) is 12.1 Å². The first-order valence-corrected chi connectivity index (χ1v) is 8.33. The number of benzene rings is 1. The smallest absolute Gasteiger partial charge is 0.247 e. The topological polar surface area (TPSA) is 76.7 Å². The van der Waals surface area contributed by atoms with Crippen LogP contribution in [0.25, 0.3) is 0 Å². The molecular formula is C17H23ClN2O4. The van der Waals surface area contributed by atoms with Crippen molar-refractivity contribution in [3.63, 3.8) is 0 Å². The van der Waals surface area contributed by atoms with Gasteiger partial charge in [0, 0.05) is 19.1 Å². The lowest BCUT2D eigenvalue weighted by Gasteiger charge is -2.24. The molecule has 1 aromatic carbocycles. The largest absolute Gasteiger partial charge is 0.495 e. The number of halogens is 1. The second-order valence-electron chi connectivity index (χ2n) is 5.90. The molecule has 2 rings (SSSR count). The van der Waals surface area contributed by atoms with Crippen molar-refractivity contribution in [2.45, 2.75) is 38.6 Å². The Morgan fingerprint density at radius 1 is 1.17 bits per heavy atom. The molecule has 24 heavy (non-hydrogen) atoms. The van der Waals surface area contributed by atoms with Gasteiger partial charge in [0.05, 0.1) is 24.9 Å². The molecule has 0 aromatic heterocycles. The molecule has 0 bridgehead atoms. The number of hydrogen-bond acceptors (Lipinski definition) is 4. The highest BCUT2D eigenvalue weighted by Gasteiger charge is 2.31. The highest BCUT2D eigenvalue weighted by molar-refractivity contribution is 6.32. The van der Waals surface area contributed by atoms with Crippen LogP contribution in [0.3, 0.4) is 0 Å². The Morgan fingerprint density at radius 2 is 1.79 bits per heavy atom. The molecule has 2 N–H and O–H groups in total. The average Bonchev–Trinajstić information content (AvgIpc) is 3.07. The maximum Gasteiger partial charge on any atom is 0.247 e. The van der Waals surface area contributed by atoms with Gasteiger partial charge in [0.15, 0.2) is 0 Å². The summed E-state index contributed by atoms with van der Waals surface area (Å²) in [5, 5.41) is 5.99. The Hall–Kier alpha value is -1.95. The van der Waals surface area contributed by atoms with Gasteiger partial charge < -0.3 is 20.1 Å². The van der Waals surface area contributed by atoms with Gasteiger partial charge in [0.2, 0.25) is 11.8 Å². The summed E-state index contributed by atoms with van der Waals surface area (Å²) in [6, 6.07) is 2.63. The van der Waals surface area contributed by atoms with E-state index in [2.05, 4.69) is 10.6 Å². The van der Waals surface area contributed by atoms with E-state index < -0.39 is 6.04 Å². The van der Waals surface area contributed by atoms with Crippen molar-refractivity contribution in [1.29, 1.82) is 0 Å². The second kappa shape index (κ2) is 8.24. The maximum absolute atomic E-state index is 12.7. The third-order valence-electron chi connectivity index (χ3n) is 4.24. The lowest BCUT2D eigenvalue weighted by molar-refractivity contribution is -0.126. The fourth-order valence-corrected chi connectivity index (χ4v) is 3.31. The maximum atomic E-state index is 12.7. The number of carbonyl (C=O) groups excluding carboxylic acids is 2. The quantitative estimate of drug-likeness (QED) is 0.823. The molecule has 1 aliphatic carbocycles. The van der Waals surface area contributed by atoms with Crippen molar-refractivity contribution in [2.75, 3.05) is 19.5 Å². The van der Waals surface area contributed by atoms with Gasteiger partial charge >= 0.3 is 0 Å². The third kappa shape index (κ3) is 4.32.